The monoisotopic (exact) mass is 563 g/mol. The molecule has 3 N–H and O–H groups in total. The molecule has 36 heavy (non-hydrogen) atoms. The lowest BCUT2D eigenvalue weighted by molar-refractivity contribution is -0.127. The highest BCUT2D eigenvalue weighted by Crippen LogP contribution is 2.30. The van der Waals surface area contributed by atoms with Crippen molar-refractivity contribution >= 4 is 49.7 Å². The summed E-state index contributed by atoms with van der Waals surface area (Å²) in [6.45, 7) is -2.22. The number of anilines is 1. The summed E-state index contributed by atoms with van der Waals surface area (Å²) in [5, 5.41) is 19.8. The van der Waals surface area contributed by atoms with Crippen LogP contribution in [-0.2, 0) is 4.79 Å². The quantitative estimate of drug-likeness (QED) is 0.314. The fraction of sp³-hybridized carbons (Fsp3) is 0.348. The number of nitrogens with one attached hydrogen (secondary N) is 2. The molecule has 2 atom stereocenters. The number of amides is 1. The number of alkyl halides is 2. The van der Waals surface area contributed by atoms with Gasteiger partial charge in [0.05, 0.1) is 17.6 Å². The van der Waals surface area contributed by atoms with E-state index in [-0.39, 0.29) is 11.6 Å². The molecular formula is C23H21BrF3N7O2. The van der Waals surface area contributed by atoms with Gasteiger partial charge in [0.2, 0.25) is 11.9 Å². The maximum absolute atomic E-state index is 14.7. The SMILES string of the molecule is O=C(NCC(F)(F)CO)[C@@H]1CC[C@@H](Nc2ncc3c(Br)nn(-c4cc(F)c5ncccc5c4)c3n2)C1. The zero-order chi connectivity index (χ0) is 25.4. The molecule has 9 nitrogen and oxygen atoms in total. The standard InChI is InChI=1S/C23H21BrF3N7O2/c24-19-16-9-29-22(31-14-4-3-13(6-14)21(36)30-10-23(26,27)11-35)32-20(16)34(33-19)15-7-12-2-1-5-28-18(12)17(25)8-15/h1-2,5,7-9,13-14,35H,3-4,6,10-11H2,(H,30,36)(H,29,31,32)/t13-,14-/m1/s1. The molecule has 1 aromatic carbocycles. The zero-order valence-corrected chi connectivity index (χ0v) is 20.3. The largest absolute Gasteiger partial charge is 0.390 e. The molecule has 0 saturated heterocycles. The number of carbonyl (C=O) groups is 1. The van der Waals surface area contributed by atoms with Gasteiger partial charge in [-0.15, -0.1) is 0 Å². The summed E-state index contributed by atoms with van der Waals surface area (Å²) >= 11 is 3.40. The Morgan fingerprint density at radius 1 is 1.28 bits per heavy atom. The van der Waals surface area contributed by atoms with Crippen molar-refractivity contribution in [1.29, 1.82) is 0 Å². The van der Waals surface area contributed by atoms with E-state index in [1.54, 1.807) is 24.4 Å². The van der Waals surface area contributed by atoms with E-state index in [1.807, 2.05) is 0 Å². The number of nitrogens with zero attached hydrogens (tertiary/aromatic N) is 5. The lowest BCUT2D eigenvalue weighted by Gasteiger charge is -2.17. The number of aromatic nitrogens is 5. The summed E-state index contributed by atoms with van der Waals surface area (Å²) in [6.07, 6.45) is 4.68. The van der Waals surface area contributed by atoms with E-state index >= 15 is 0 Å². The topological polar surface area (TPSA) is 118 Å². The lowest BCUT2D eigenvalue weighted by atomic mass is 10.1. The van der Waals surface area contributed by atoms with Crippen molar-refractivity contribution in [2.45, 2.75) is 31.2 Å². The van der Waals surface area contributed by atoms with Crippen LogP contribution in [0.1, 0.15) is 19.3 Å². The first-order valence-electron chi connectivity index (χ1n) is 11.2. The van der Waals surface area contributed by atoms with E-state index in [2.05, 4.69) is 46.6 Å². The number of benzene rings is 1. The summed E-state index contributed by atoms with van der Waals surface area (Å²) < 4.78 is 43.1. The Balaban J connectivity index is 1.35. The molecule has 0 unspecified atom stereocenters. The van der Waals surface area contributed by atoms with Gasteiger partial charge in [0, 0.05) is 35.8 Å². The van der Waals surface area contributed by atoms with Crippen LogP contribution in [-0.4, -0.2) is 60.9 Å². The van der Waals surface area contributed by atoms with E-state index in [0.717, 1.165) is 0 Å². The molecule has 1 fully saturated rings. The third-order valence-electron chi connectivity index (χ3n) is 6.16. The summed E-state index contributed by atoms with van der Waals surface area (Å²) in [4.78, 5) is 25.3. The maximum Gasteiger partial charge on any atom is 0.287 e. The zero-order valence-electron chi connectivity index (χ0n) is 18.8. The molecular weight excluding hydrogens is 543 g/mol. The number of halogens is 4. The van der Waals surface area contributed by atoms with Gasteiger partial charge in [-0.1, -0.05) is 6.07 Å². The molecule has 0 bridgehead atoms. The van der Waals surface area contributed by atoms with Crippen molar-refractivity contribution in [3.8, 4) is 5.69 Å². The molecule has 3 aromatic heterocycles. The highest BCUT2D eigenvalue weighted by Gasteiger charge is 2.33. The second-order valence-corrected chi connectivity index (χ2v) is 9.47. The number of fused-ring (bicyclic) bond motifs is 2. The van der Waals surface area contributed by atoms with Gasteiger partial charge in [0.25, 0.3) is 5.92 Å². The van der Waals surface area contributed by atoms with Crippen molar-refractivity contribution in [2.75, 3.05) is 18.5 Å². The van der Waals surface area contributed by atoms with Crippen molar-refractivity contribution in [1.82, 2.24) is 30.0 Å². The number of rotatable bonds is 7. The van der Waals surface area contributed by atoms with Crippen LogP contribution in [0.15, 0.2) is 41.3 Å². The first-order valence-corrected chi connectivity index (χ1v) is 12.0. The minimum Gasteiger partial charge on any atom is -0.390 e. The van der Waals surface area contributed by atoms with E-state index in [9.17, 15) is 18.0 Å². The number of hydrogen-bond donors (Lipinski definition) is 3. The van der Waals surface area contributed by atoms with Crippen molar-refractivity contribution in [2.24, 2.45) is 5.92 Å². The van der Waals surface area contributed by atoms with Gasteiger partial charge in [-0.3, -0.25) is 9.78 Å². The van der Waals surface area contributed by atoms with Gasteiger partial charge < -0.3 is 15.7 Å². The Labute approximate surface area is 211 Å². The van der Waals surface area contributed by atoms with Gasteiger partial charge >= 0.3 is 0 Å². The highest BCUT2D eigenvalue weighted by atomic mass is 79.9. The average molecular weight is 564 g/mol. The highest BCUT2D eigenvalue weighted by molar-refractivity contribution is 9.10. The number of carbonyl (C=O) groups excluding carboxylic acids is 1. The second kappa shape index (κ2) is 9.62. The molecule has 0 spiro atoms. The lowest BCUT2D eigenvalue weighted by Crippen LogP contribution is -2.41. The molecule has 0 radical (unpaired) electrons. The predicted molar refractivity (Wildman–Crippen MR) is 129 cm³/mol. The van der Waals surface area contributed by atoms with Crippen LogP contribution in [0.5, 0.6) is 0 Å². The number of aliphatic hydroxyl groups excluding tert-OH is 1. The molecule has 188 valence electrons. The van der Waals surface area contributed by atoms with Crippen LogP contribution >= 0.6 is 15.9 Å². The normalized spacial score (nSPS) is 18.1. The van der Waals surface area contributed by atoms with E-state index in [4.69, 9.17) is 5.11 Å². The minimum absolute atomic E-state index is 0.138. The summed E-state index contributed by atoms with van der Waals surface area (Å²) in [7, 11) is 0. The Kier molecular flexibility index (Phi) is 6.51. The Morgan fingerprint density at radius 3 is 2.92 bits per heavy atom. The van der Waals surface area contributed by atoms with Crippen molar-refractivity contribution < 1.29 is 23.1 Å². The molecule has 3 heterocycles. The van der Waals surface area contributed by atoms with E-state index < -0.39 is 36.7 Å². The first kappa shape index (κ1) is 24.4. The fourth-order valence-corrected chi connectivity index (χ4v) is 4.76. The summed E-state index contributed by atoms with van der Waals surface area (Å²) in [6, 6.07) is 6.44. The molecule has 0 aliphatic heterocycles. The van der Waals surface area contributed by atoms with Crippen LogP contribution in [0.2, 0.25) is 0 Å². The van der Waals surface area contributed by atoms with Gasteiger partial charge in [-0.05, 0) is 47.3 Å². The Morgan fingerprint density at radius 2 is 2.11 bits per heavy atom. The first-order chi connectivity index (χ1) is 17.2. The third-order valence-corrected chi connectivity index (χ3v) is 6.74. The number of hydrogen-bond acceptors (Lipinski definition) is 7. The molecule has 1 aliphatic carbocycles. The number of aliphatic hydroxyl groups is 1. The molecule has 1 aliphatic rings. The van der Waals surface area contributed by atoms with Crippen molar-refractivity contribution in [3.63, 3.8) is 0 Å². The average Bonchev–Trinajstić information content (AvgIpc) is 3.47. The maximum atomic E-state index is 14.7. The van der Waals surface area contributed by atoms with Crippen LogP contribution in [0, 0.1) is 11.7 Å². The minimum atomic E-state index is -3.35. The fourth-order valence-electron chi connectivity index (χ4n) is 4.32. The third kappa shape index (κ3) is 4.85. The van der Waals surface area contributed by atoms with Gasteiger partial charge in [-0.2, -0.15) is 10.1 Å². The smallest absolute Gasteiger partial charge is 0.287 e. The Bertz CT molecular complexity index is 1450. The predicted octanol–water partition coefficient (Wildman–Crippen LogP) is 3.59. The number of pyridine rings is 1. The molecule has 1 amide bonds. The van der Waals surface area contributed by atoms with Gasteiger partial charge in [0.15, 0.2) is 11.5 Å². The van der Waals surface area contributed by atoms with Gasteiger partial charge in [-0.25, -0.2) is 22.8 Å². The van der Waals surface area contributed by atoms with Gasteiger partial charge in [0.1, 0.15) is 16.7 Å². The Hall–Kier alpha value is -3.32. The van der Waals surface area contributed by atoms with Crippen LogP contribution in [0.4, 0.5) is 19.1 Å². The van der Waals surface area contributed by atoms with Crippen molar-refractivity contribution in [3.05, 3.63) is 47.1 Å². The second-order valence-electron chi connectivity index (χ2n) is 8.72. The summed E-state index contributed by atoms with van der Waals surface area (Å²) in [5.74, 6) is -4.44. The van der Waals surface area contributed by atoms with E-state index in [0.29, 0.717) is 51.9 Å². The molecule has 13 heteroatoms. The van der Waals surface area contributed by atoms with Crippen LogP contribution in [0.25, 0.3) is 27.6 Å². The van der Waals surface area contributed by atoms with Crippen LogP contribution < -0.4 is 10.6 Å². The summed E-state index contributed by atoms with van der Waals surface area (Å²) in [5.41, 5.74) is 1.17. The molecule has 5 rings (SSSR count). The molecule has 4 aromatic rings. The molecule has 1 saturated carbocycles. The van der Waals surface area contributed by atoms with Crippen LogP contribution in [0.3, 0.4) is 0 Å². The van der Waals surface area contributed by atoms with E-state index in [1.165, 1.54) is 16.9 Å².